The smallest absolute Gasteiger partial charge is 0.315 e. The van der Waals surface area contributed by atoms with E-state index in [2.05, 4.69) is 40.3 Å². The molecule has 4 rings (SSSR count). The molecule has 2 amide bonds. The zero-order valence-electron chi connectivity index (χ0n) is 14.7. The number of rotatable bonds is 6. The molecule has 4 aromatic rings. The monoisotopic (exact) mass is 376 g/mol. The summed E-state index contributed by atoms with van der Waals surface area (Å²) >= 11 is 1.64. The van der Waals surface area contributed by atoms with Gasteiger partial charge in [0.1, 0.15) is 5.76 Å². The molecule has 0 aliphatic rings. The highest BCUT2D eigenvalue weighted by Gasteiger charge is 2.18. The van der Waals surface area contributed by atoms with Crippen molar-refractivity contribution < 1.29 is 9.21 Å². The van der Waals surface area contributed by atoms with Crippen LogP contribution in [0.2, 0.25) is 0 Å². The van der Waals surface area contributed by atoms with Crippen LogP contribution in [-0.4, -0.2) is 12.6 Å². The normalized spacial score (nSPS) is 12.0. The fourth-order valence-electron chi connectivity index (χ4n) is 3.22. The Kier molecular flexibility index (Phi) is 5.21. The number of carbonyl (C=O) groups excluding carboxylic acids is 1. The lowest BCUT2D eigenvalue weighted by molar-refractivity contribution is 0.240. The number of hydrogen-bond acceptors (Lipinski definition) is 3. The maximum Gasteiger partial charge on any atom is 0.315 e. The summed E-state index contributed by atoms with van der Waals surface area (Å²) in [6, 6.07) is 20.0. The van der Waals surface area contributed by atoms with Crippen LogP contribution in [0.25, 0.3) is 10.8 Å². The van der Waals surface area contributed by atoms with E-state index in [0.717, 1.165) is 22.3 Å². The number of amides is 2. The topological polar surface area (TPSA) is 54.3 Å². The van der Waals surface area contributed by atoms with Crippen molar-refractivity contribution in [1.82, 2.24) is 10.6 Å². The molecular formula is C22H20N2O2S. The van der Waals surface area contributed by atoms with Gasteiger partial charge in [-0.05, 0) is 50.9 Å². The van der Waals surface area contributed by atoms with Gasteiger partial charge < -0.3 is 15.1 Å². The average Bonchev–Trinajstić information content (AvgIpc) is 3.41. The number of furan rings is 1. The van der Waals surface area contributed by atoms with E-state index in [1.807, 2.05) is 41.8 Å². The summed E-state index contributed by atoms with van der Waals surface area (Å²) in [6.45, 7) is 0.961. The highest BCUT2D eigenvalue weighted by Crippen LogP contribution is 2.26. The van der Waals surface area contributed by atoms with E-state index in [-0.39, 0.29) is 11.9 Å². The van der Waals surface area contributed by atoms with E-state index in [0.29, 0.717) is 13.1 Å². The fourth-order valence-corrected chi connectivity index (χ4v) is 3.94. The largest absolute Gasteiger partial charge is 0.469 e. The molecule has 2 N–H and O–H groups in total. The molecule has 1 atom stereocenters. The van der Waals surface area contributed by atoms with Gasteiger partial charge in [0.05, 0.1) is 12.2 Å². The van der Waals surface area contributed by atoms with Crippen molar-refractivity contribution in [3.8, 4) is 0 Å². The number of fused-ring (bicyclic) bond motifs is 1. The lowest BCUT2D eigenvalue weighted by atomic mass is 9.99. The molecule has 5 heteroatoms. The molecule has 0 fully saturated rings. The second-order valence-corrected chi connectivity index (χ2v) is 7.11. The summed E-state index contributed by atoms with van der Waals surface area (Å²) in [7, 11) is 0. The van der Waals surface area contributed by atoms with Crippen molar-refractivity contribution in [2.24, 2.45) is 0 Å². The molecule has 136 valence electrons. The average molecular weight is 376 g/mol. The Morgan fingerprint density at radius 1 is 1.00 bits per heavy atom. The van der Waals surface area contributed by atoms with Gasteiger partial charge >= 0.3 is 6.03 Å². The van der Waals surface area contributed by atoms with Crippen LogP contribution in [0.1, 0.15) is 22.8 Å². The highest BCUT2D eigenvalue weighted by atomic mass is 32.1. The molecular weight excluding hydrogens is 356 g/mol. The lowest BCUT2D eigenvalue weighted by Gasteiger charge is -2.15. The van der Waals surface area contributed by atoms with Gasteiger partial charge in [-0.1, -0.05) is 42.5 Å². The summed E-state index contributed by atoms with van der Waals surface area (Å²) in [5.41, 5.74) is 2.24. The minimum Gasteiger partial charge on any atom is -0.469 e. The predicted octanol–water partition coefficient (Wildman–Crippen LogP) is 5.13. The Bertz CT molecular complexity index is 970. The van der Waals surface area contributed by atoms with E-state index in [1.54, 1.807) is 17.6 Å². The Morgan fingerprint density at radius 2 is 1.89 bits per heavy atom. The van der Waals surface area contributed by atoms with Gasteiger partial charge in [0.15, 0.2) is 0 Å². The predicted molar refractivity (Wildman–Crippen MR) is 109 cm³/mol. The second kappa shape index (κ2) is 8.10. The Morgan fingerprint density at radius 3 is 2.70 bits per heavy atom. The van der Waals surface area contributed by atoms with Crippen molar-refractivity contribution in [2.75, 3.05) is 6.54 Å². The van der Waals surface area contributed by atoms with Gasteiger partial charge in [-0.3, -0.25) is 0 Å². The Balaban J connectivity index is 1.39. The third kappa shape index (κ3) is 4.04. The van der Waals surface area contributed by atoms with Gasteiger partial charge in [-0.25, -0.2) is 4.79 Å². The zero-order chi connectivity index (χ0) is 18.5. The SMILES string of the molecule is O=C(NCc1cccc2ccccc12)NCC(c1ccsc1)c1ccco1. The van der Waals surface area contributed by atoms with E-state index in [4.69, 9.17) is 4.42 Å². The quantitative estimate of drug-likeness (QED) is 0.490. The molecule has 2 heterocycles. The van der Waals surface area contributed by atoms with Crippen LogP contribution in [0.15, 0.2) is 82.1 Å². The Hall–Kier alpha value is -3.05. The molecule has 0 saturated heterocycles. The molecule has 4 nitrogen and oxygen atoms in total. The number of nitrogens with one attached hydrogen (secondary N) is 2. The van der Waals surface area contributed by atoms with Crippen molar-refractivity contribution in [3.05, 3.63) is 94.6 Å². The van der Waals surface area contributed by atoms with E-state index in [9.17, 15) is 4.79 Å². The summed E-state index contributed by atoms with van der Waals surface area (Å²) in [6.07, 6.45) is 1.66. The van der Waals surface area contributed by atoms with Crippen molar-refractivity contribution >= 4 is 28.1 Å². The standard InChI is InChI=1S/C22H20N2O2S/c25-22(23-13-17-7-3-6-16-5-1-2-8-19(16)17)24-14-20(18-10-12-27-15-18)21-9-4-11-26-21/h1-12,15,20H,13-14H2,(H2,23,24,25). The molecule has 1 unspecified atom stereocenters. The summed E-state index contributed by atoms with van der Waals surface area (Å²) < 4.78 is 5.56. The van der Waals surface area contributed by atoms with Crippen LogP contribution in [-0.2, 0) is 6.54 Å². The molecule has 2 aromatic heterocycles. The van der Waals surface area contributed by atoms with Gasteiger partial charge in [0.2, 0.25) is 0 Å². The first-order valence-corrected chi connectivity index (χ1v) is 9.79. The van der Waals surface area contributed by atoms with E-state index in [1.165, 1.54) is 5.39 Å². The second-order valence-electron chi connectivity index (χ2n) is 6.33. The van der Waals surface area contributed by atoms with Crippen LogP contribution in [0.4, 0.5) is 4.79 Å². The zero-order valence-corrected chi connectivity index (χ0v) is 15.5. The molecule has 0 radical (unpaired) electrons. The number of hydrogen-bond donors (Lipinski definition) is 2. The van der Waals surface area contributed by atoms with Crippen LogP contribution in [0.5, 0.6) is 0 Å². The van der Waals surface area contributed by atoms with Crippen molar-refractivity contribution in [1.29, 1.82) is 0 Å². The maximum absolute atomic E-state index is 12.3. The first-order chi connectivity index (χ1) is 13.3. The molecule has 0 bridgehead atoms. The molecule has 0 aliphatic carbocycles. The summed E-state index contributed by atoms with van der Waals surface area (Å²) in [5.74, 6) is 0.859. The minimum atomic E-state index is -0.185. The van der Waals surface area contributed by atoms with E-state index < -0.39 is 0 Å². The molecule has 2 aromatic carbocycles. The first-order valence-electron chi connectivity index (χ1n) is 8.85. The number of urea groups is 1. The maximum atomic E-state index is 12.3. The van der Waals surface area contributed by atoms with Gasteiger partial charge in [-0.2, -0.15) is 11.3 Å². The molecule has 0 saturated carbocycles. The summed E-state index contributed by atoms with van der Waals surface area (Å²) in [4.78, 5) is 12.3. The molecule has 0 spiro atoms. The minimum absolute atomic E-state index is 0.00885. The van der Waals surface area contributed by atoms with Gasteiger partial charge in [0, 0.05) is 13.1 Å². The van der Waals surface area contributed by atoms with Crippen molar-refractivity contribution in [3.63, 3.8) is 0 Å². The van der Waals surface area contributed by atoms with Gasteiger partial charge in [0.25, 0.3) is 0 Å². The summed E-state index contributed by atoms with van der Waals surface area (Å²) in [5, 5.41) is 12.4. The van der Waals surface area contributed by atoms with Crippen LogP contribution >= 0.6 is 11.3 Å². The van der Waals surface area contributed by atoms with Crippen LogP contribution in [0, 0.1) is 0 Å². The molecule has 27 heavy (non-hydrogen) atoms. The third-order valence-electron chi connectivity index (χ3n) is 4.62. The molecule has 0 aliphatic heterocycles. The number of carbonyl (C=O) groups is 1. The lowest BCUT2D eigenvalue weighted by Crippen LogP contribution is -2.37. The first kappa shape index (κ1) is 17.4. The fraction of sp³-hybridized carbons (Fsp3) is 0.136. The third-order valence-corrected chi connectivity index (χ3v) is 5.32. The van der Waals surface area contributed by atoms with Crippen LogP contribution in [0.3, 0.4) is 0 Å². The number of benzene rings is 2. The Labute approximate surface area is 161 Å². The van der Waals surface area contributed by atoms with E-state index >= 15 is 0 Å². The highest BCUT2D eigenvalue weighted by molar-refractivity contribution is 7.08. The van der Waals surface area contributed by atoms with Gasteiger partial charge in [-0.15, -0.1) is 0 Å². The van der Waals surface area contributed by atoms with Crippen molar-refractivity contribution in [2.45, 2.75) is 12.5 Å². The number of thiophene rings is 1. The van der Waals surface area contributed by atoms with Crippen LogP contribution < -0.4 is 10.6 Å².